The van der Waals surface area contributed by atoms with Crippen LogP contribution in [0.15, 0.2) is 71.1 Å². The van der Waals surface area contributed by atoms with Crippen LogP contribution in [-0.2, 0) is 28.7 Å². The summed E-state index contributed by atoms with van der Waals surface area (Å²) in [6.45, 7) is 0.734. The first kappa shape index (κ1) is 29.0. The normalized spacial score (nSPS) is 14.9. The molecule has 2 N–H and O–H groups in total. The molecule has 2 aliphatic rings. The number of esters is 2. The summed E-state index contributed by atoms with van der Waals surface area (Å²) >= 11 is 0. The first-order chi connectivity index (χ1) is 19.8. The summed E-state index contributed by atoms with van der Waals surface area (Å²) in [6, 6.07) is 13.9. The van der Waals surface area contributed by atoms with Crippen LogP contribution in [0.5, 0.6) is 11.5 Å². The van der Waals surface area contributed by atoms with Crippen molar-refractivity contribution in [3.63, 3.8) is 0 Å². The highest BCUT2D eigenvalue weighted by molar-refractivity contribution is 6.15. The predicted octanol–water partition coefficient (Wildman–Crippen LogP) is 1.52. The van der Waals surface area contributed by atoms with Crippen molar-refractivity contribution in [3.8, 4) is 11.5 Å². The standard InChI is InChI=1S/C29H32N4O8/c1-38-20-10-6-18(7-11-20)32-16-22(28(36)40-3)24(26(32)34)30-14-5-15-31-25-23(29(37)41-4)17-33(27(25)35)19-8-12-21(39-2)13-9-19/h6-13,30-31H,5,14-17H2,1-4H3. The molecule has 2 aliphatic heterocycles. The lowest BCUT2D eigenvalue weighted by Gasteiger charge is -2.18. The number of carbonyl (C=O) groups is 4. The van der Waals surface area contributed by atoms with Gasteiger partial charge in [-0.3, -0.25) is 9.59 Å². The van der Waals surface area contributed by atoms with Gasteiger partial charge in [0.1, 0.15) is 22.9 Å². The molecule has 2 aromatic carbocycles. The number of nitrogens with one attached hydrogen (secondary N) is 2. The van der Waals surface area contributed by atoms with Crippen molar-refractivity contribution >= 4 is 35.1 Å². The molecule has 0 spiro atoms. The largest absolute Gasteiger partial charge is 0.497 e. The van der Waals surface area contributed by atoms with E-state index in [0.29, 0.717) is 42.4 Å². The van der Waals surface area contributed by atoms with Crippen LogP contribution in [-0.4, -0.2) is 78.4 Å². The molecule has 0 saturated carbocycles. The third-order valence-corrected chi connectivity index (χ3v) is 6.74. The fourth-order valence-corrected chi connectivity index (χ4v) is 4.55. The first-order valence-electron chi connectivity index (χ1n) is 12.8. The minimum absolute atomic E-state index is 0.0590. The quantitative estimate of drug-likeness (QED) is 0.289. The van der Waals surface area contributed by atoms with Crippen LogP contribution in [0.1, 0.15) is 6.42 Å². The number of rotatable bonds is 12. The van der Waals surface area contributed by atoms with E-state index >= 15 is 0 Å². The van der Waals surface area contributed by atoms with Gasteiger partial charge in [0.2, 0.25) is 0 Å². The van der Waals surface area contributed by atoms with E-state index in [1.54, 1.807) is 62.8 Å². The Bertz CT molecular complexity index is 1280. The van der Waals surface area contributed by atoms with E-state index in [-0.39, 0.29) is 47.4 Å². The molecule has 4 rings (SSSR count). The van der Waals surface area contributed by atoms with Crippen molar-refractivity contribution in [1.29, 1.82) is 0 Å². The van der Waals surface area contributed by atoms with Gasteiger partial charge < -0.3 is 39.4 Å². The van der Waals surface area contributed by atoms with Gasteiger partial charge in [0.15, 0.2) is 0 Å². The molecule has 0 atom stereocenters. The second-order valence-electron chi connectivity index (χ2n) is 9.08. The number of nitrogens with zero attached hydrogens (tertiary/aromatic N) is 2. The number of anilines is 2. The molecule has 216 valence electrons. The molecular weight excluding hydrogens is 532 g/mol. The average molecular weight is 565 g/mol. The number of hydrogen-bond acceptors (Lipinski definition) is 10. The van der Waals surface area contributed by atoms with Crippen LogP contribution in [0.3, 0.4) is 0 Å². The van der Waals surface area contributed by atoms with Crippen molar-refractivity contribution in [1.82, 2.24) is 10.6 Å². The Morgan fingerprint density at radius 1 is 0.659 bits per heavy atom. The SMILES string of the molecule is COC(=O)C1=C(NCCCNC2=C(C(=O)OC)CN(c3ccc(OC)cc3)C2=O)C(=O)N(c2ccc(OC)cc2)C1. The zero-order valence-corrected chi connectivity index (χ0v) is 23.3. The predicted molar refractivity (Wildman–Crippen MR) is 149 cm³/mol. The molecule has 0 aliphatic carbocycles. The minimum Gasteiger partial charge on any atom is -0.497 e. The summed E-state index contributed by atoms with van der Waals surface area (Å²) in [7, 11) is 5.63. The van der Waals surface area contributed by atoms with Crippen molar-refractivity contribution in [3.05, 3.63) is 71.1 Å². The Morgan fingerprint density at radius 3 is 1.34 bits per heavy atom. The minimum atomic E-state index is -0.599. The van der Waals surface area contributed by atoms with E-state index in [0.717, 1.165) is 0 Å². The summed E-state index contributed by atoms with van der Waals surface area (Å²) < 4.78 is 20.1. The Kier molecular flexibility index (Phi) is 9.12. The third kappa shape index (κ3) is 6.11. The number of ether oxygens (including phenoxy) is 4. The molecule has 2 aromatic rings. The average Bonchev–Trinajstić information content (AvgIpc) is 3.52. The van der Waals surface area contributed by atoms with Crippen molar-refractivity contribution in [2.75, 3.05) is 64.4 Å². The van der Waals surface area contributed by atoms with Crippen LogP contribution >= 0.6 is 0 Å². The monoisotopic (exact) mass is 564 g/mol. The van der Waals surface area contributed by atoms with E-state index in [4.69, 9.17) is 18.9 Å². The van der Waals surface area contributed by atoms with Crippen LogP contribution in [0, 0.1) is 0 Å². The summed E-state index contributed by atoms with van der Waals surface area (Å²) in [4.78, 5) is 54.2. The number of amides is 2. The van der Waals surface area contributed by atoms with Gasteiger partial charge in [0, 0.05) is 24.5 Å². The molecule has 0 saturated heterocycles. The Morgan fingerprint density at radius 2 is 1.02 bits per heavy atom. The first-order valence-corrected chi connectivity index (χ1v) is 12.8. The van der Waals surface area contributed by atoms with Crippen molar-refractivity contribution in [2.45, 2.75) is 6.42 Å². The summed E-state index contributed by atoms with van der Waals surface area (Å²) in [5.74, 6) is -0.631. The molecule has 2 amide bonds. The lowest BCUT2D eigenvalue weighted by atomic mass is 10.2. The Labute approximate surface area is 237 Å². The summed E-state index contributed by atoms with van der Waals surface area (Å²) in [5, 5.41) is 6.11. The molecule has 41 heavy (non-hydrogen) atoms. The van der Waals surface area contributed by atoms with E-state index in [1.165, 1.54) is 24.0 Å². The topological polar surface area (TPSA) is 136 Å². The lowest BCUT2D eigenvalue weighted by molar-refractivity contribution is -0.137. The molecule has 12 heteroatoms. The molecule has 12 nitrogen and oxygen atoms in total. The molecule has 0 bridgehead atoms. The number of methoxy groups -OCH3 is 4. The maximum Gasteiger partial charge on any atom is 0.337 e. The Balaban J connectivity index is 1.39. The van der Waals surface area contributed by atoms with Gasteiger partial charge in [-0.15, -0.1) is 0 Å². The molecule has 0 fully saturated rings. The smallest absolute Gasteiger partial charge is 0.337 e. The van der Waals surface area contributed by atoms with E-state index < -0.39 is 11.9 Å². The molecule has 0 unspecified atom stereocenters. The van der Waals surface area contributed by atoms with Crippen LogP contribution in [0.25, 0.3) is 0 Å². The summed E-state index contributed by atoms with van der Waals surface area (Å²) in [5.41, 5.74) is 1.98. The maximum atomic E-state index is 13.2. The molecule has 2 heterocycles. The zero-order chi connectivity index (χ0) is 29.5. The number of carbonyl (C=O) groups excluding carboxylic acids is 4. The van der Waals surface area contributed by atoms with Gasteiger partial charge in [-0.2, -0.15) is 0 Å². The van der Waals surface area contributed by atoms with Gasteiger partial charge in [-0.25, -0.2) is 9.59 Å². The molecular formula is C29H32N4O8. The second kappa shape index (κ2) is 12.9. The van der Waals surface area contributed by atoms with Crippen LogP contribution < -0.4 is 29.9 Å². The number of hydrogen-bond donors (Lipinski definition) is 2. The van der Waals surface area contributed by atoms with Gasteiger partial charge in [0.05, 0.1) is 52.7 Å². The number of benzene rings is 2. The van der Waals surface area contributed by atoms with E-state index in [2.05, 4.69) is 10.6 Å². The molecule has 0 radical (unpaired) electrons. The lowest BCUT2D eigenvalue weighted by Crippen LogP contribution is -2.33. The van der Waals surface area contributed by atoms with Gasteiger partial charge in [-0.1, -0.05) is 0 Å². The van der Waals surface area contributed by atoms with Gasteiger partial charge in [-0.05, 0) is 55.0 Å². The van der Waals surface area contributed by atoms with Crippen molar-refractivity contribution in [2.24, 2.45) is 0 Å². The van der Waals surface area contributed by atoms with Crippen LogP contribution in [0.2, 0.25) is 0 Å². The van der Waals surface area contributed by atoms with E-state index in [9.17, 15) is 19.2 Å². The summed E-state index contributed by atoms with van der Waals surface area (Å²) in [6.07, 6.45) is 0.460. The van der Waals surface area contributed by atoms with Crippen molar-refractivity contribution < 1.29 is 38.1 Å². The third-order valence-electron chi connectivity index (χ3n) is 6.74. The van der Waals surface area contributed by atoms with Crippen LogP contribution in [0.4, 0.5) is 11.4 Å². The highest BCUT2D eigenvalue weighted by atomic mass is 16.5. The molecule has 0 aromatic heterocycles. The zero-order valence-electron chi connectivity index (χ0n) is 23.3. The Hall–Kier alpha value is -5.00. The van der Waals surface area contributed by atoms with E-state index in [1.807, 2.05) is 0 Å². The fourth-order valence-electron chi connectivity index (χ4n) is 4.55. The van der Waals surface area contributed by atoms with Gasteiger partial charge >= 0.3 is 11.9 Å². The van der Waals surface area contributed by atoms with Gasteiger partial charge in [0.25, 0.3) is 11.8 Å². The fraction of sp³-hybridized carbons (Fsp3) is 0.310. The highest BCUT2D eigenvalue weighted by Gasteiger charge is 2.36. The second-order valence-corrected chi connectivity index (χ2v) is 9.08. The maximum absolute atomic E-state index is 13.2. The highest BCUT2D eigenvalue weighted by Crippen LogP contribution is 2.28.